The minimum absolute atomic E-state index is 0.431. The van der Waals surface area contributed by atoms with Crippen LogP contribution in [0.15, 0.2) is 40.9 Å². The molecule has 0 bridgehead atoms. The summed E-state index contributed by atoms with van der Waals surface area (Å²) < 4.78 is 0.999. The standard InChI is InChI=1S/C10H8BrN3/c11-8-4-2-1-3-7(8)9-5-6-10(12)14-13-9/h1-6H,(H2,12,14). The van der Waals surface area contributed by atoms with Crippen molar-refractivity contribution < 1.29 is 0 Å². The lowest BCUT2D eigenvalue weighted by Gasteiger charge is -2.01. The van der Waals surface area contributed by atoms with E-state index in [0.29, 0.717) is 5.82 Å². The van der Waals surface area contributed by atoms with Crippen LogP contribution in [0.3, 0.4) is 0 Å². The average molecular weight is 250 g/mol. The highest BCUT2D eigenvalue weighted by molar-refractivity contribution is 9.10. The first-order valence-electron chi connectivity index (χ1n) is 4.11. The Labute approximate surface area is 90.1 Å². The van der Waals surface area contributed by atoms with Crippen LogP contribution >= 0.6 is 15.9 Å². The van der Waals surface area contributed by atoms with Crippen molar-refractivity contribution in [2.24, 2.45) is 0 Å². The largest absolute Gasteiger partial charge is 0.382 e. The lowest BCUT2D eigenvalue weighted by atomic mass is 10.1. The van der Waals surface area contributed by atoms with E-state index in [0.717, 1.165) is 15.7 Å². The molecule has 0 saturated heterocycles. The van der Waals surface area contributed by atoms with Gasteiger partial charge < -0.3 is 5.73 Å². The van der Waals surface area contributed by atoms with Crippen molar-refractivity contribution in [3.8, 4) is 11.3 Å². The summed E-state index contributed by atoms with van der Waals surface area (Å²) in [6, 6.07) is 11.4. The van der Waals surface area contributed by atoms with Gasteiger partial charge in [-0.1, -0.05) is 34.1 Å². The summed E-state index contributed by atoms with van der Waals surface area (Å²) in [6.07, 6.45) is 0. The number of hydrogen-bond donors (Lipinski definition) is 1. The Balaban J connectivity index is 2.50. The number of halogens is 1. The van der Waals surface area contributed by atoms with E-state index < -0.39 is 0 Å². The Hall–Kier alpha value is -1.42. The van der Waals surface area contributed by atoms with E-state index in [4.69, 9.17) is 5.73 Å². The van der Waals surface area contributed by atoms with Crippen LogP contribution in [0.25, 0.3) is 11.3 Å². The summed E-state index contributed by atoms with van der Waals surface area (Å²) in [5.74, 6) is 0.431. The van der Waals surface area contributed by atoms with Gasteiger partial charge in [0, 0.05) is 10.0 Å². The second-order valence-corrected chi connectivity index (χ2v) is 3.68. The average Bonchev–Trinajstić information content (AvgIpc) is 2.20. The fourth-order valence-electron chi connectivity index (χ4n) is 1.16. The van der Waals surface area contributed by atoms with Crippen LogP contribution in [-0.2, 0) is 0 Å². The van der Waals surface area contributed by atoms with Crippen LogP contribution in [0.4, 0.5) is 5.82 Å². The maximum absolute atomic E-state index is 5.46. The Morgan fingerprint density at radius 1 is 1.00 bits per heavy atom. The Morgan fingerprint density at radius 2 is 1.79 bits per heavy atom. The topological polar surface area (TPSA) is 51.8 Å². The van der Waals surface area contributed by atoms with Crippen LogP contribution in [0.5, 0.6) is 0 Å². The lowest BCUT2D eigenvalue weighted by Crippen LogP contribution is -1.93. The SMILES string of the molecule is Nc1ccc(-c2ccccc2Br)nn1. The minimum atomic E-state index is 0.431. The second kappa shape index (κ2) is 3.75. The number of benzene rings is 1. The highest BCUT2D eigenvalue weighted by atomic mass is 79.9. The van der Waals surface area contributed by atoms with Crippen molar-refractivity contribution in [3.63, 3.8) is 0 Å². The van der Waals surface area contributed by atoms with Gasteiger partial charge in [0.25, 0.3) is 0 Å². The Kier molecular flexibility index (Phi) is 2.45. The maximum atomic E-state index is 5.46. The molecular formula is C10H8BrN3. The van der Waals surface area contributed by atoms with Crippen molar-refractivity contribution >= 4 is 21.7 Å². The van der Waals surface area contributed by atoms with Crippen LogP contribution in [0.2, 0.25) is 0 Å². The molecule has 0 aliphatic heterocycles. The fourth-order valence-corrected chi connectivity index (χ4v) is 1.64. The molecule has 2 rings (SSSR count). The molecule has 1 aromatic heterocycles. The van der Waals surface area contributed by atoms with Gasteiger partial charge in [-0.15, -0.1) is 10.2 Å². The lowest BCUT2D eigenvalue weighted by molar-refractivity contribution is 1.05. The van der Waals surface area contributed by atoms with Crippen molar-refractivity contribution in [1.29, 1.82) is 0 Å². The summed E-state index contributed by atoms with van der Waals surface area (Å²) in [7, 11) is 0. The zero-order valence-electron chi connectivity index (χ0n) is 7.31. The van der Waals surface area contributed by atoms with Gasteiger partial charge >= 0.3 is 0 Å². The van der Waals surface area contributed by atoms with Crippen molar-refractivity contribution in [2.75, 3.05) is 5.73 Å². The third-order valence-electron chi connectivity index (χ3n) is 1.83. The van der Waals surface area contributed by atoms with E-state index in [1.165, 1.54) is 0 Å². The van der Waals surface area contributed by atoms with Gasteiger partial charge in [-0.3, -0.25) is 0 Å². The first-order chi connectivity index (χ1) is 6.77. The summed E-state index contributed by atoms with van der Waals surface area (Å²) >= 11 is 3.45. The van der Waals surface area contributed by atoms with E-state index >= 15 is 0 Å². The number of hydrogen-bond acceptors (Lipinski definition) is 3. The molecule has 0 saturated carbocycles. The number of anilines is 1. The Morgan fingerprint density at radius 3 is 2.43 bits per heavy atom. The van der Waals surface area contributed by atoms with Crippen LogP contribution in [0, 0.1) is 0 Å². The fraction of sp³-hybridized carbons (Fsp3) is 0. The van der Waals surface area contributed by atoms with Gasteiger partial charge in [0.15, 0.2) is 0 Å². The molecule has 3 nitrogen and oxygen atoms in total. The molecule has 1 aromatic carbocycles. The molecule has 4 heteroatoms. The quantitative estimate of drug-likeness (QED) is 0.845. The van der Waals surface area contributed by atoms with Gasteiger partial charge in [0.2, 0.25) is 0 Å². The predicted molar refractivity (Wildman–Crippen MR) is 59.6 cm³/mol. The molecule has 1 heterocycles. The van der Waals surface area contributed by atoms with Crippen LogP contribution in [0.1, 0.15) is 0 Å². The summed E-state index contributed by atoms with van der Waals surface area (Å²) in [5, 5.41) is 7.81. The minimum Gasteiger partial charge on any atom is -0.382 e. The van der Waals surface area contributed by atoms with Crippen molar-refractivity contribution in [3.05, 3.63) is 40.9 Å². The Bertz CT molecular complexity index is 439. The molecule has 0 unspecified atom stereocenters. The molecule has 0 aliphatic carbocycles. The molecule has 0 atom stereocenters. The molecule has 2 N–H and O–H groups in total. The van der Waals surface area contributed by atoms with Gasteiger partial charge in [-0.05, 0) is 18.2 Å². The molecule has 0 aliphatic rings. The summed E-state index contributed by atoms with van der Waals surface area (Å²) in [5.41, 5.74) is 7.28. The molecule has 0 amide bonds. The first kappa shape index (κ1) is 9.15. The smallest absolute Gasteiger partial charge is 0.146 e. The van der Waals surface area contributed by atoms with E-state index in [1.807, 2.05) is 30.3 Å². The van der Waals surface area contributed by atoms with Crippen LogP contribution < -0.4 is 5.73 Å². The summed E-state index contributed by atoms with van der Waals surface area (Å²) in [6.45, 7) is 0. The number of nitrogens with zero attached hydrogens (tertiary/aromatic N) is 2. The number of nitrogen functional groups attached to an aromatic ring is 1. The van der Waals surface area contributed by atoms with Gasteiger partial charge in [-0.2, -0.15) is 0 Å². The molecule has 2 aromatic rings. The zero-order valence-corrected chi connectivity index (χ0v) is 8.90. The van der Waals surface area contributed by atoms with Gasteiger partial charge in [0.05, 0.1) is 5.69 Å². The van der Waals surface area contributed by atoms with Gasteiger partial charge in [0.1, 0.15) is 5.82 Å². The zero-order chi connectivity index (χ0) is 9.97. The van der Waals surface area contributed by atoms with E-state index in [9.17, 15) is 0 Å². The third-order valence-corrected chi connectivity index (χ3v) is 2.53. The molecule has 0 spiro atoms. The van der Waals surface area contributed by atoms with Gasteiger partial charge in [-0.25, -0.2) is 0 Å². The van der Waals surface area contributed by atoms with E-state index in [1.54, 1.807) is 6.07 Å². The monoisotopic (exact) mass is 249 g/mol. The highest BCUT2D eigenvalue weighted by Gasteiger charge is 2.03. The highest BCUT2D eigenvalue weighted by Crippen LogP contribution is 2.25. The third kappa shape index (κ3) is 1.75. The predicted octanol–water partition coefficient (Wildman–Crippen LogP) is 2.49. The maximum Gasteiger partial charge on any atom is 0.146 e. The number of nitrogens with two attached hydrogens (primary N) is 1. The van der Waals surface area contributed by atoms with Crippen LogP contribution in [-0.4, -0.2) is 10.2 Å². The van der Waals surface area contributed by atoms with E-state index in [-0.39, 0.29) is 0 Å². The molecule has 70 valence electrons. The number of aromatic nitrogens is 2. The molecule has 0 radical (unpaired) electrons. The molecular weight excluding hydrogens is 242 g/mol. The molecule has 0 fully saturated rings. The van der Waals surface area contributed by atoms with Crippen molar-refractivity contribution in [2.45, 2.75) is 0 Å². The first-order valence-corrected chi connectivity index (χ1v) is 4.91. The normalized spacial score (nSPS) is 10.1. The summed E-state index contributed by atoms with van der Waals surface area (Å²) in [4.78, 5) is 0. The van der Waals surface area contributed by atoms with E-state index in [2.05, 4.69) is 26.1 Å². The second-order valence-electron chi connectivity index (χ2n) is 2.82. The number of rotatable bonds is 1. The molecule has 14 heavy (non-hydrogen) atoms. The van der Waals surface area contributed by atoms with Crippen molar-refractivity contribution in [1.82, 2.24) is 10.2 Å².